The first kappa shape index (κ1) is 23.1. The first-order valence-corrected chi connectivity index (χ1v) is 11.9. The van der Waals surface area contributed by atoms with Crippen LogP contribution < -0.4 is 14.2 Å². The smallest absolute Gasteiger partial charge is 0.240 e. The lowest BCUT2D eigenvalue weighted by molar-refractivity contribution is 0.354. The van der Waals surface area contributed by atoms with Crippen LogP contribution in [0.1, 0.15) is 17.0 Å². The Kier molecular flexibility index (Phi) is 6.60. The zero-order valence-electron chi connectivity index (χ0n) is 17.9. The summed E-state index contributed by atoms with van der Waals surface area (Å²) in [5, 5.41) is 0.715. The van der Waals surface area contributed by atoms with Crippen molar-refractivity contribution in [1.82, 2.24) is 9.71 Å². The number of sulfonamides is 1. The van der Waals surface area contributed by atoms with Crippen molar-refractivity contribution in [3.63, 3.8) is 0 Å². The van der Waals surface area contributed by atoms with E-state index in [2.05, 4.69) is 9.71 Å². The summed E-state index contributed by atoms with van der Waals surface area (Å²) in [5.41, 5.74) is 2.68. The summed E-state index contributed by atoms with van der Waals surface area (Å²) in [6, 6.07) is 16.6. The number of aromatic amines is 1. The molecule has 4 aromatic rings. The summed E-state index contributed by atoms with van der Waals surface area (Å²) >= 11 is 5.79. The van der Waals surface area contributed by atoms with E-state index in [1.165, 1.54) is 6.07 Å². The molecule has 33 heavy (non-hydrogen) atoms. The lowest BCUT2D eigenvalue weighted by Gasteiger charge is -2.20. The number of rotatable bonds is 8. The Morgan fingerprint density at radius 3 is 2.52 bits per heavy atom. The van der Waals surface area contributed by atoms with E-state index in [4.69, 9.17) is 21.1 Å². The number of halogens is 2. The zero-order valence-corrected chi connectivity index (χ0v) is 19.5. The average molecular weight is 489 g/mol. The summed E-state index contributed by atoms with van der Waals surface area (Å²) in [6.45, 7) is 0.0503. The second-order valence-corrected chi connectivity index (χ2v) is 9.56. The first-order valence-electron chi connectivity index (χ1n) is 10.1. The summed E-state index contributed by atoms with van der Waals surface area (Å²) < 4.78 is 52.8. The van der Waals surface area contributed by atoms with Crippen LogP contribution in [-0.4, -0.2) is 34.2 Å². The fraction of sp³-hybridized carbons (Fsp3) is 0.167. The molecular weight excluding hydrogens is 467 g/mol. The molecule has 2 N–H and O–H groups in total. The van der Waals surface area contributed by atoms with Crippen molar-refractivity contribution in [2.75, 3.05) is 20.8 Å². The molecule has 0 aliphatic heterocycles. The Hall–Kier alpha value is -3.07. The van der Waals surface area contributed by atoms with Crippen LogP contribution >= 0.6 is 11.6 Å². The number of nitrogens with one attached hydrogen (secondary N) is 2. The van der Waals surface area contributed by atoms with Gasteiger partial charge < -0.3 is 14.5 Å². The largest absolute Gasteiger partial charge is 0.493 e. The van der Waals surface area contributed by atoms with Crippen LogP contribution in [-0.2, 0) is 10.0 Å². The third-order valence-electron chi connectivity index (χ3n) is 5.49. The number of ether oxygens (including phenoxy) is 2. The molecule has 1 aromatic heterocycles. The predicted octanol–water partition coefficient (Wildman–Crippen LogP) is 5.09. The predicted molar refractivity (Wildman–Crippen MR) is 126 cm³/mol. The molecule has 0 bridgehead atoms. The van der Waals surface area contributed by atoms with Gasteiger partial charge >= 0.3 is 0 Å². The fourth-order valence-electron chi connectivity index (χ4n) is 3.78. The summed E-state index contributed by atoms with van der Waals surface area (Å²) in [7, 11) is -0.846. The van der Waals surface area contributed by atoms with Gasteiger partial charge in [-0.1, -0.05) is 35.9 Å². The zero-order chi connectivity index (χ0) is 23.6. The van der Waals surface area contributed by atoms with E-state index in [0.717, 1.165) is 34.2 Å². The highest BCUT2D eigenvalue weighted by atomic mass is 35.5. The van der Waals surface area contributed by atoms with Crippen LogP contribution in [0, 0.1) is 5.82 Å². The minimum absolute atomic E-state index is 0.0503. The van der Waals surface area contributed by atoms with Crippen molar-refractivity contribution >= 4 is 32.5 Å². The lowest BCUT2D eigenvalue weighted by Crippen LogP contribution is -2.29. The van der Waals surface area contributed by atoms with Crippen molar-refractivity contribution < 1.29 is 22.3 Å². The Bertz CT molecular complexity index is 1400. The molecular formula is C24H22ClFN2O4S. The molecule has 3 aromatic carbocycles. The molecule has 0 radical (unpaired) electrons. The van der Waals surface area contributed by atoms with E-state index < -0.39 is 15.8 Å². The minimum atomic E-state index is -3.94. The van der Waals surface area contributed by atoms with Crippen LogP contribution in [0.4, 0.5) is 4.39 Å². The Balaban J connectivity index is 1.74. The standard InChI is InChI=1S/C24H22ClFN2O4S/c1-31-23-10-7-15(11-24(23)32-2)18(19-13-27-22-6-4-3-5-17(19)22)14-28-33(29,30)16-8-9-21(26)20(25)12-16/h3-13,18,27-28H,14H2,1-2H3. The highest BCUT2D eigenvalue weighted by Crippen LogP contribution is 2.36. The van der Waals surface area contributed by atoms with E-state index in [1.54, 1.807) is 20.3 Å². The topological polar surface area (TPSA) is 80.4 Å². The molecule has 6 nitrogen and oxygen atoms in total. The molecule has 0 amide bonds. The quantitative estimate of drug-likeness (QED) is 0.362. The van der Waals surface area contributed by atoms with Gasteiger partial charge in [-0.25, -0.2) is 17.5 Å². The molecule has 1 heterocycles. The maximum atomic E-state index is 13.5. The summed E-state index contributed by atoms with van der Waals surface area (Å²) in [4.78, 5) is 3.13. The highest BCUT2D eigenvalue weighted by molar-refractivity contribution is 7.89. The lowest BCUT2D eigenvalue weighted by atomic mass is 9.91. The number of methoxy groups -OCH3 is 2. The molecule has 1 unspecified atom stereocenters. The van der Waals surface area contributed by atoms with Gasteiger partial charge in [0.25, 0.3) is 0 Å². The minimum Gasteiger partial charge on any atom is -0.493 e. The van der Waals surface area contributed by atoms with Gasteiger partial charge in [-0.3, -0.25) is 0 Å². The van der Waals surface area contributed by atoms with Gasteiger partial charge in [0.15, 0.2) is 11.5 Å². The molecule has 0 aliphatic carbocycles. The first-order chi connectivity index (χ1) is 15.8. The van der Waals surface area contributed by atoms with Gasteiger partial charge in [0.1, 0.15) is 5.82 Å². The maximum Gasteiger partial charge on any atom is 0.240 e. The second kappa shape index (κ2) is 9.43. The number of benzene rings is 3. The Morgan fingerprint density at radius 1 is 1.03 bits per heavy atom. The van der Waals surface area contributed by atoms with Crippen molar-refractivity contribution in [1.29, 1.82) is 0 Å². The van der Waals surface area contributed by atoms with Crippen molar-refractivity contribution in [3.8, 4) is 11.5 Å². The third-order valence-corrected chi connectivity index (χ3v) is 7.20. The molecule has 9 heteroatoms. The molecule has 4 rings (SSSR count). The number of hydrogen-bond acceptors (Lipinski definition) is 4. The number of para-hydroxylation sites is 1. The molecule has 0 saturated heterocycles. The van der Waals surface area contributed by atoms with Crippen LogP contribution in [0.2, 0.25) is 5.02 Å². The van der Waals surface area contributed by atoms with E-state index in [0.29, 0.717) is 11.5 Å². The molecule has 0 spiro atoms. The van der Waals surface area contributed by atoms with E-state index in [1.807, 2.05) is 42.6 Å². The van der Waals surface area contributed by atoms with Crippen LogP contribution in [0.15, 0.2) is 71.8 Å². The van der Waals surface area contributed by atoms with Gasteiger partial charge in [0.2, 0.25) is 10.0 Å². The second-order valence-electron chi connectivity index (χ2n) is 7.38. The van der Waals surface area contributed by atoms with Gasteiger partial charge in [0, 0.05) is 29.6 Å². The number of hydrogen-bond donors (Lipinski definition) is 2. The maximum absolute atomic E-state index is 13.5. The number of H-pyrrole nitrogens is 1. The van der Waals surface area contributed by atoms with Crippen LogP contribution in [0.5, 0.6) is 11.5 Å². The SMILES string of the molecule is COc1ccc(C(CNS(=O)(=O)c2ccc(F)c(Cl)c2)c2c[nH]c3ccccc23)cc1OC. The van der Waals surface area contributed by atoms with Gasteiger partial charge in [-0.05, 0) is 47.5 Å². The Labute approximate surface area is 196 Å². The molecule has 0 aliphatic rings. The summed E-state index contributed by atoms with van der Waals surface area (Å²) in [5.74, 6) is 0.0674. The monoisotopic (exact) mass is 488 g/mol. The van der Waals surface area contributed by atoms with E-state index in [-0.39, 0.29) is 22.4 Å². The van der Waals surface area contributed by atoms with Crippen molar-refractivity contribution in [2.45, 2.75) is 10.8 Å². The van der Waals surface area contributed by atoms with Crippen LogP contribution in [0.3, 0.4) is 0 Å². The van der Waals surface area contributed by atoms with E-state index >= 15 is 0 Å². The normalized spacial score (nSPS) is 12.6. The molecule has 0 saturated carbocycles. The third kappa shape index (κ3) is 4.68. The fourth-order valence-corrected chi connectivity index (χ4v) is 5.10. The van der Waals surface area contributed by atoms with Crippen LogP contribution in [0.25, 0.3) is 10.9 Å². The average Bonchev–Trinajstić information content (AvgIpc) is 3.24. The van der Waals surface area contributed by atoms with Crippen molar-refractivity contribution in [2.24, 2.45) is 0 Å². The number of aromatic nitrogens is 1. The molecule has 0 fully saturated rings. The highest BCUT2D eigenvalue weighted by Gasteiger charge is 2.23. The van der Waals surface area contributed by atoms with Gasteiger partial charge in [-0.15, -0.1) is 0 Å². The Morgan fingerprint density at radius 2 is 1.79 bits per heavy atom. The number of fused-ring (bicyclic) bond motifs is 1. The van der Waals surface area contributed by atoms with Gasteiger partial charge in [0.05, 0.1) is 24.1 Å². The van der Waals surface area contributed by atoms with Gasteiger partial charge in [-0.2, -0.15) is 0 Å². The molecule has 1 atom stereocenters. The van der Waals surface area contributed by atoms with Crippen molar-refractivity contribution in [3.05, 3.63) is 88.8 Å². The molecule has 172 valence electrons. The summed E-state index contributed by atoms with van der Waals surface area (Å²) in [6.07, 6.45) is 1.87. The van der Waals surface area contributed by atoms with E-state index in [9.17, 15) is 12.8 Å².